The highest BCUT2D eigenvalue weighted by atomic mass is 19.1. The van der Waals surface area contributed by atoms with Gasteiger partial charge in [-0.05, 0) is 43.4 Å². The lowest BCUT2D eigenvalue weighted by atomic mass is 9.88. The van der Waals surface area contributed by atoms with Gasteiger partial charge in [0.1, 0.15) is 5.82 Å². The molecule has 2 aromatic carbocycles. The Balaban J connectivity index is 1.69. The summed E-state index contributed by atoms with van der Waals surface area (Å²) in [6.45, 7) is 2.04. The van der Waals surface area contributed by atoms with Crippen molar-refractivity contribution < 1.29 is 4.39 Å². The number of aryl methyl sites for hydroxylation is 1. The van der Waals surface area contributed by atoms with E-state index in [0.29, 0.717) is 6.04 Å². The van der Waals surface area contributed by atoms with Crippen molar-refractivity contribution in [1.29, 1.82) is 0 Å². The van der Waals surface area contributed by atoms with Crippen LogP contribution in [0.25, 0.3) is 0 Å². The lowest BCUT2D eigenvalue weighted by Crippen LogP contribution is -2.36. The fourth-order valence-corrected chi connectivity index (χ4v) is 3.11. The SMILES string of the molecule is C[C@@H](NC1CCc2ccccc2C1)c1ccccc1F. The maximum absolute atomic E-state index is 13.8. The second-order valence-corrected chi connectivity index (χ2v) is 5.62. The van der Waals surface area contributed by atoms with Crippen LogP contribution in [0.5, 0.6) is 0 Å². The van der Waals surface area contributed by atoms with Gasteiger partial charge in [-0.25, -0.2) is 4.39 Å². The third-order valence-electron chi connectivity index (χ3n) is 4.20. The van der Waals surface area contributed by atoms with E-state index in [9.17, 15) is 4.39 Å². The molecular formula is C18H20FN. The zero-order valence-electron chi connectivity index (χ0n) is 11.8. The number of halogens is 1. The molecule has 0 spiro atoms. The standard InChI is InChI=1S/C18H20FN/c1-13(17-8-4-5-9-18(17)19)20-16-11-10-14-6-2-3-7-15(14)12-16/h2-9,13,16,20H,10-12H2,1H3/t13-,16?/m1/s1. The largest absolute Gasteiger partial charge is 0.307 e. The Labute approximate surface area is 119 Å². The topological polar surface area (TPSA) is 12.0 Å². The molecule has 0 fully saturated rings. The smallest absolute Gasteiger partial charge is 0.127 e. The Morgan fingerprint density at radius 3 is 2.55 bits per heavy atom. The predicted molar refractivity (Wildman–Crippen MR) is 80.2 cm³/mol. The first kappa shape index (κ1) is 13.3. The minimum absolute atomic E-state index is 0.0477. The Morgan fingerprint density at radius 1 is 1.05 bits per heavy atom. The first-order valence-electron chi connectivity index (χ1n) is 7.31. The van der Waals surface area contributed by atoms with Crippen LogP contribution in [0.2, 0.25) is 0 Å². The van der Waals surface area contributed by atoms with Crippen LogP contribution in [0.15, 0.2) is 48.5 Å². The van der Waals surface area contributed by atoms with E-state index >= 15 is 0 Å². The Hall–Kier alpha value is -1.67. The summed E-state index contributed by atoms with van der Waals surface area (Å²) in [5, 5.41) is 3.58. The molecule has 20 heavy (non-hydrogen) atoms. The minimum Gasteiger partial charge on any atom is -0.307 e. The molecule has 1 aliphatic carbocycles. The van der Waals surface area contributed by atoms with E-state index < -0.39 is 0 Å². The monoisotopic (exact) mass is 269 g/mol. The molecule has 1 unspecified atom stereocenters. The molecule has 2 aromatic rings. The van der Waals surface area contributed by atoms with Gasteiger partial charge in [0, 0.05) is 17.6 Å². The molecule has 0 aromatic heterocycles. The molecule has 0 saturated carbocycles. The number of benzene rings is 2. The lowest BCUT2D eigenvalue weighted by Gasteiger charge is -2.28. The summed E-state index contributed by atoms with van der Waals surface area (Å²) < 4.78 is 13.8. The van der Waals surface area contributed by atoms with E-state index in [2.05, 4.69) is 29.6 Å². The molecule has 104 valence electrons. The van der Waals surface area contributed by atoms with Crippen molar-refractivity contribution in [2.45, 2.75) is 38.3 Å². The Morgan fingerprint density at radius 2 is 1.75 bits per heavy atom. The van der Waals surface area contributed by atoms with Gasteiger partial charge in [0.25, 0.3) is 0 Å². The molecule has 0 aliphatic heterocycles. The average molecular weight is 269 g/mol. The Kier molecular flexibility index (Phi) is 3.83. The quantitative estimate of drug-likeness (QED) is 0.887. The van der Waals surface area contributed by atoms with Gasteiger partial charge < -0.3 is 5.32 Å². The van der Waals surface area contributed by atoms with E-state index in [1.54, 1.807) is 6.07 Å². The number of hydrogen-bond acceptors (Lipinski definition) is 1. The molecule has 0 bridgehead atoms. The Bertz CT molecular complexity index is 593. The predicted octanol–water partition coefficient (Wildman–Crippen LogP) is 4.03. The summed E-state index contributed by atoms with van der Waals surface area (Å²) >= 11 is 0. The highest BCUT2D eigenvalue weighted by Gasteiger charge is 2.20. The van der Waals surface area contributed by atoms with Gasteiger partial charge in [-0.3, -0.25) is 0 Å². The molecule has 2 atom stereocenters. The highest BCUT2D eigenvalue weighted by Crippen LogP contribution is 2.24. The van der Waals surface area contributed by atoms with Crippen LogP contribution in [0.4, 0.5) is 4.39 Å². The van der Waals surface area contributed by atoms with Crippen molar-refractivity contribution in [3.05, 3.63) is 71.0 Å². The molecule has 0 heterocycles. The van der Waals surface area contributed by atoms with Crippen LogP contribution in [0, 0.1) is 5.82 Å². The van der Waals surface area contributed by atoms with Crippen LogP contribution >= 0.6 is 0 Å². The first-order chi connectivity index (χ1) is 9.74. The average Bonchev–Trinajstić information content (AvgIpc) is 2.47. The van der Waals surface area contributed by atoms with E-state index in [1.807, 2.05) is 19.1 Å². The number of rotatable bonds is 3. The van der Waals surface area contributed by atoms with Gasteiger partial charge in [0.05, 0.1) is 0 Å². The van der Waals surface area contributed by atoms with Crippen molar-refractivity contribution in [3.63, 3.8) is 0 Å². The van der Waals surface area contributed by atoms with Gasteiger partial charge in [-0.15, -0.1) is 0 Å². The van der Waals surface area contributed by atoms with Gasteiger partial charge in [0.15, 0.2) is 0 Å². The van der Waals surface area contributed by atoms with Crippen molar-refractivity contribution in [1.82, 2.24) is 5.32 Å². The summed E-state index contributed by atoms with van der Waals surface area (Å²) in [6.07, 6.45) is 3.27. The molecule has 0 amide bonds. The first-order valence-corrected chi connectivity index (χ1v) is 7.31. The lowest BCUT2D eigenvalue weighted by molar-refractivity contribution is 0.405. The second kappa shape index (κ2) is 5.76. The second-order valence-electron chi connectivity index (χ2n) is 5.62. The van der Waals surface area contributed by atoms with Gasteiger partial charge in [0.2, 0.25) is 0 Å². The zero-order valence-corrected chi connectivity index (χ0v) is 11.8. The van der Waals surface area contributed by atoms with E-state index in [4.69, 9.17) is 0 Å². The van der Waals surface area contributed by atoms with Crippen LogP contribution in [0.1, 0.15) is 36.1 Å². The third-order valence-corrected chi connectivity index (χ3v) is 4.20. The molecular weight excluding hydrogens is 249 g/mol. The highest BCUT2D eigenvalue weighted by molar-refractivity contribution is 5.30. The van der Waals surface area contributed by atoms with Crippen LogP contribution < -0.4 is 5.32 Å². The molecule has 1 nitrogen and oxygen atoms in total. The van der Waals surface area contributed by atoms with Gasteiger partial charge >= 0.3 is 0 Å². The van der Waals surface area contributed by atoms with Crippen molar-refractivity contribution >= 4 is 0 Å². The summed E-state index contributed by atoms with van der Waals surface area (Å²) in [6, 6.07) is 16.1. The number of fused-ring (bicyclic) bond motifs is 1. The van der Waals surface area contributed by atoms with Crippen LogP contribution in [0.3, 0.4) is 0 Å². The summed E-state index contributed by atoms with van der Waals surface area (Å²) in [5.41, 5.74) is 3.65. The van der Waals surface area contributed by atoms with Crippen LogP contribution in [-0.4, -0.2) is 6.04 Å². The van der Waals surface area contributed by atoms with Crippen molar-refractivity contribution in [2.75, 3.05) is 0 Å². The van der Waals surface area contributed by atoms with E-state index in [-0.39, 0.29) is 11.9 Å². The third kappa shape index (κ3) is 2.75. The maximum atomic E-state index is 13.8. The minimum atomic E-state index is -0.122. The molecule has 3 rings (SSSR count). The van der Waals surface area contributed by atoms with E-state index in [0.717, 1.165) is 24.8 Å². The summed E-state index contributed by atoms with van der Waals surface area (Å²) in [7, 11) is 0. The molecule has 1 aliphatic rings. The molecule has 1 N–H and O–H groups in total. The molecule has 0 saturated heterocycles. The number of nitrogens with one attached hydrogen (secondary N) is 1. The normalized spacial score (nSPS) is 19.4. The molecule has 0 radical (unpaired) electrons. The number of hydrogen-bond donors (Lipinski definition) is 1. The van der Waals surface area contributed by atoms with Gasteiger partial charge in [-0.1, -0.05) is 42.5 Å². The van der Waals surface area contributed by atoms with Crippen LogP contribution in [-0.2, 0) is 12.8 Å². The van der Waals surface area contributed by atoms with Gasteiger partial charge in [-0.2, -0.15) is 0 Å². The zero-order chi connectivity index (χ0) is 13.9. The fourth-order valence-electron chi connectivity index (χ4n) is 3.11. The fraction of sp³-hybridized carbons (Fsp3) is 0.333. The van der Waals surface area contributed by atoms with E-state index in [1.165, 1.54) is 17.2 Å². The molecule has 2 heteroatoms. The van der Waals surface area contributed by atoms with Crippen molar-refractivity contribution in [2.24, 2.45) is 0 Å². The van der Waals surface area contributed by atoms with Crippen molar-refractivity contribution in [3.8, 4) is 0 Å². The maximum Gasteiger partial charge on any atom is 0.127 e. The summed E-state index contributed by atoms with van der Waals surface area (Å²) in [4.78, 5) is 0. The summed E-state index contributed by atoms with van der Waals surface area (Å²) in [5.74, 6) is -0.122.